The molecule has 0 aliphatic rings. The van der Waals surface area contributed by atoms with E-state index in [9.17, 15) is 0 Å². The Morgan fingerprint density at radius 1 is 0.378 bits per heavy atom. The summed E-state index contributed by atoms with van der Waals surface area (Å²) in [7, 11) is 3.28. The average molecular weight is 509 g/mol. The largest absolute Gasteiger partial charge is 0.198 e. The van der Waals surface area contributed by atoms with Gasteiger partial charge in [-0.05, 0) is 21.5 Å². The summed E-state index contributed by atoms with van der Waals surface area (Å²) in [5, 5.41) is 12.0. The zero-order valence-corrected chi connectivity index (χ0v) is 24.3. The number of hydrogen-bond acceptors (Lipinski definition) is 2. The number of hydrogen-bond donors (Lipinski definition) is 0. The Balaban J connectivity index is -0.000000118. The molecule has 4 rings (SSSR count). The van der Waals surface area contributed by atoms with E-state index in [0.29, 0.717) is 0 Å². The normalized spacial score (nSPS) is 8.05. The highest BCUT2D eigenvalue weighted by Gasteiger charge is 1.86. The summed E-state index contributed by atoms with van der Waals surface area (Å²) in [5.74, 6) is 0. The predicted octanol–water partition coefficient (Wildman–Crippen LogP) is 12.9. The Morgan fingerprint density at radius 3 is 0.568 bits per heavy atom. The minimum absolute atomic E-state index is 0. The van der Waals surface area contributed by atoms with Crippen molar-refractivity contribution in [1.82, 2.24) is 0 Å². The van der Waals surface area contributed by atoms with Crippen molar-refractivity contribution in [2.75, 3.05) is 14.1 Å². The SMILES string of the molecule is C.C.CC.CCC.CCC.CCC.CN=NC.c1ccc2ccccc2c1.c1ccc2ccccc2c1. The molecular weight excluding hydrogens is 448 g/mol. The molecule has 2 heteroatoms. The van der Waals surface area contributed by atoms with Gasteiger partial charge in [-0.15, -0.1) is 0 Å². The zero-order chi connectivity index (χ0) is 27.2. The molecule has 0 heterocycles. The maximum absolute atomic E-state index is 3.36. The molecule has 4 aromatic rings. The summed E-state index contributed by atoms with van der Waals surface area (Å²) in [6, 6.07) is 33.4. The van der Waals surface area contributed by atoms with Crippen LogP contribution in [-0.2, 0) is 0 Å². The van der Waals surface area contributed by atoms with Gasteiger partial charge in [0.15, 0.2) is 0 Å². The second kappa shape index (κ2) is 37.5. The molecule has 0 aliphatic heterocycles. The molecule has 37 heavy (non-hydrogen) atoms. The lowest BCUT2D eigenvalue weighted by atomic mass is 10.1. The number of azo groups is 1. The lowest BCUT2D eigenvalue weighted by Gasteiger charge is -1.92. The van der Waals surface area contributed by atoms with Crippen LogP contribution >= 0.6 is 0 Å². The van der Waals surface area contributed by atoms with Crippen molar-refractivity contribution < 1.29 is 0 Å². The molecule has 210 valence electrons. The third-order valence-electron chi connectivity index (χ3n) is 3.52. The number of rotatable bonds is 0. The first-order valence-electron chi connectivity index (χ1n) is 13.1. The van der Waals surface area contributed by atoms with Gasteiger partial charge in [0.05, 0.1) is 0 Å². The summed E-state index contributed by atoms with van der Waals surface area (Å²) in [6.07, 6.45) is 3.75. The zero-order valence-electron chi connectivity index (χ0n) is 24.3. The molecule has 0 atom stereocenters. The van der Waals surface area contributed by atoms with Crippen molar-refractivity contribution >= 4 is 21.5 Å². The van der Waals surface area contributed by atoms with Crippen LogP contribution < -0.4 is 0 Å². The van der Waals surface area contributed by atoms with E-state index in [2.05, 4.69) is 149 Å². The van der Waals surface area contributed by atoms with Crippen LogP contribution in [0.5, 0.6) is 0 Å². The van der Waals surface area contributed by atoms with Crippen LogP contribution in [0.3, 0.4) is 0 Å². The van der Waals surface area contributed by atoms with Gasteiger partial charge in [-0.1, -0.05) is 187 Å². The van der Waals surface area contributed by atoms with E-state index in [1.807, 2.05) is 13.8 Å². The summed E-state index contributed by atoms with van der Waals surface area (Å²) in [4.78, 5) is 0. The summed E-state index contributed by atoms with van der Waals surface area (Å²) in [6.45, 7) is 16.8. The Morgan fingerprint density at radius 2 is 0.486 bits per heavy atom. The highest BCUT2D eigenvalue weighted by molar-refractivity contribution is 5.82. The fourth-order valence-electron chi connectivity index (χ4n) is 2.27. The molecule has 0 N–H and O–H groups in total. The fraction of sp³-hybridized carbons (Fsp3) is 0.429. The van der Waals surface area contributed by atoms with Crippen LogP contribution in [-0.4, -0.2) is 14.1 Å². The Hall–Kier alpha value is -3.00. The van der Waals surface area contributed by atoms with Crippen molar-refractivity contribution in [1.29, 1.82) is 0 Å². The molecule has 0 unspecified atom stereocenters. The quantitative estimate of drug-likeness (QED) is 0.211. The lowest BCUT2D eigenvalue weighted by molar-refractivity contribution is 1.09. The molecule has 0 fully saturated rings. The van der Waals surface area contributed by atoms with Gasteiger partial charge >= 0.3 is 0 Å². The topological polar surface area (TPSA) is 24.7 Å². The third kappa shape index (κ3) is 27.4. The molecule has 0 saturated heterocycles. The lowest BCUT2D eigenvalue weighted by Crippen LogP contribution is -1.67. The van der Waals surface area contributed by atoms with Crippen LogP contribution in [0.4, 0.5) is 0 Å². The molecule has 4 aromatic carbocycles. The van der Waals surface area contributed by atoms with E-state index in [1.165, 1.54) is 40.8 Å². The van der Waals surface area contributed by atoms with Crippen LogP contribution in [0, 0.1) is 0 Å². The van der Waals surface area contributed by atoms with Gasteiger partial charge in [0.1, 0.15) is 0 Å². The minimum atomic E-state index is 0. The number of fused-ring (bicyclic) bond motifs is 2. The molecule has 0 radical (unpaired) electrons. The second-order valence-electron chi connectivity index (χ2n) is 7.22. The van der Waals surface area contributed by atoms with Crippen molar-refractivity contribution in [3.05, 3.63) is 97.1 Å². The highest BCUT2D eigenvalue weighted by atomic mass is 15.0. The molecular formula is C35H60N2. The molecule has 0 bridgehead atoms. The van der Waals surface area contributed by atoms with Crippen LogP contribution in [0.1, 0.15) is 89.5 Å². The second-order valence-corrected chi connectivity index (χ2v) is 7.22. The van der Waals surface area contributed by atoms with Crippen molar-refractivity contribution in [2.45, 2.75) is 89.5 Å². The molecule has 2 nitrogen and oxygen atoms in total. The minimum Gasteiger partial charge on any atom is -0.198 e. The van der Waals surface area contributed by atoms with Crippen LogP contribution in [0.25, 0.3) is 21.5 Å². The maximum atomic E-state index is 3.36. The van der Waals surface area contributed by atoms with E-state index in [0.717, 1.165) is 0 Å². The van der Waals surface area contributed by atoms with E-state index in [-0.39, 0.29) is 14.9 Å². The summed E-state index contributed by atoms with van der Waals surface area (Å²) in [5.41, 5.74) is 0. The standard InChI is InChI=1S/2C10H8.3C3H8.C2H6N2.C2H6.2CH4/c2*1-2-6-10-8-4-3-7-9(10)5-1;3*1-3-2;1-3-4-2;1-2;;/h2*1-8H;3*3H2,1-2H3;1-2H3;1-2H3;2*1H4. The first kappa shape index (κ1) is 44.0. The van der Waals surface area contributed by atoms with Crippen molar-refractivity contribution in [3.8, 4) is 0 Å². The third-order valence-corrected chi connectivity index (χ3v) is 3.52. The molecule has 0 aromatic heterocycles. The number of benzene rings is 4. The highest BCUT2D eigenvalue weighted by Crippen LogP contribution is 2.12. The van der Waals surface area contributed by atoms with Gasteiger partial charge < -0.3 is 0 Å². The smallest absolute Gasteiger partial charge is 0.0487 e. The van der Waals surface area contributed by atoms with Crippen LogP contribution in [0.15, 0.2) is 107 Å². The van der Waals surface area contributed by atoms with Crippen molar-refractivity contribution in [3.63, 3.8) is 0 Å². The molecule has 0 saturated carbocycles. The predicted molar refractivity (Wildman–Crippen MR) is 177 cm³/mol. The Labute approximate surface area is 232 Å². The molecule has 0 aliphatic carbocycles. The van der Waals surface area contributed by atoms with E-state index in [4.69, 9.17) is 0 Å². The van der Waals surface area contributed by atoms with Crippen LogP contribution in [0.2, 0.25) is 0 Å². The first-order chi connectivity index (χ1) is 17.1. The molecule has 0 amide bonds. The Bertz CT molecular complexity index is 735. The fourth-order valence-corrected chi connectivity index (χ4v) is 2.27. The van der Waals surface area contributed by atoms with E-state index >= 15 is 0 Å². The molecule has 0 spiro atoms. The van der Waals surface area contributed by atoms with Gasteiger partial charge in [0, 0.05) is 14.1 Å². The van der Waals surface area contributed by atoms with Gasteiger partial charge in [0.2, 0.25) is 0 Å². The summed E-state index contributed by atoms with van der Waals surface area (Å²) >= 11 is 0. The summed E-state index contributed by atoms with van der Waals surface area (Å²) < 4.78 is 0. The maximum Gasteiger partial charge on any atom is 0.0487 e. The van der Waals surface area contributed by atoms with Gasteiger partial charge in [-0.25, -0.2) is 0 Å². The first-order valence-corrected chi connectivity index (χ1v) is 13.1. The van der Waals surface area contributed by atoms with Crippen molar-refractivity contribution in [2.24, 2.45) is 10.2 Å². The number of nitrogens with zero attached hydrogens (tertiary/aromatic N) is 2. The average Bonchev–Trinajstić information content (AvgIpc) is 2.92. The Kier molecular flexibility index (Phi) is 44.7. The van der Waals surface area contributed by atoms with Gasteiger partial charge in [0.25, 0.3) is 0 Å². The monoisotopic (exact) mass is 508 g/mol. The van der Waals surface area contributed by atoms with Gasteiger partial charge in [-0.3, -0.25) is 0 Å². The van der Waals surface area contributed by atoms with E-state index in [1.54, 1.807) is 14.1 Å². The van der Waals surface area contributed by atoms with Gasteiger partial charge in [-0.2, -0.15) is 10.2 Å². The van der Waals surface area contributed by atoms with E-state index < -0.39 is 0 Å².